The number of nitrogens with two attached hydrogens (primary N) is 2. The van der Waals surface area contributed by atoms with Crippen LogP contribution in [0.25, 0.3) is 0 Å². The van der Waals surface area contributed by atoms with Gasteiger partial charge < -0.3 is 16.4 Å². The van der Waals surface area contributed by atoms with Crippen molar-refractivity contribution in [3.8, 4) is 0 Å². The molecule has 0 spiro atoms. The molecule has 1 atom stereocenters. The summed E-state index contributed by atoms with van der Waals surface area (Å²) < 4.78 is 0. The fourth-order valence-electron chi connectivity index (χ4n) is 2.02. The van der Waals surface area contributed by atoms with E-state index >= 15 is 0 Å². The van der Waals surface area contributed by atoms with Crippen molar-refractivity contribution < 1.29 is 0 Å². The number of likely N-dealkylation sites (tertiary alicyclic amines) is 1. The summed E-state index contributed by atoms with van der Waals surface area (Å²) in [5.41, 5.74) is 13.0. The largest absolute Gasteiger partial charge is 0.372 e. The van der Waals surface area contributed by atoms with E-state index in [2.05, 4.69) is 23.1 Å². The molecular weight excluding hydrogens is 174 g/mol. The van der Waals surface area contributed by atoms with Gasteiger partial charge in [-0.2, -0.15) is 0 Å². The van der Waals surface area contributed by atoms with E-state index in [0.29, 0.717) is 6.04 Å². The topological polar surface area (TPSA) is 55.3 Å². The van der Waals surface area contributed by atoms with Crippen LogP contribution in [0.15, 0.2) is 23.9 Å². The third-order valence-corrected chi connectivity index (χ3v) is 3.02. The van der Waals surface area contributed by atoms with Crippen molar-refractivity contribution in [1.82, 2.24) is 4.90 Å². The fraction of sp³-hybridized carbons (Fsp3) is 0.636. The van der Waals surface area contributed by atoms with Gasteiger partial charge in [0.15, 0.2) is 0 Å². The van der Waals surface area contributed by atoms with Crippen LogP contribution in [0, 0.1) is 0 Å². The maximum atomic E-state index is 5.86. The Morgan fingerprint density at radius 2 is 1.93 bits per heavy atom. The first-order chi connectivity index (χ1) is 6.75. The number of hydrogen-bond donors (Lipinski definition) is 2. The van der Waals surface area contributed by atoms with Crippen molar-refractivity contribution in [3.05, 3.63) is 23.9 Å². The van der Waals surface area contributed by atoms with Gasteiger partial charge in [0.2, 0.25) is 0 Å². The Labute approximate surface area is 85.4 Å². The van der Waals surface area contributed by atoms with Crippen LogP contribution >= 0.6 is 0 Å². The van der Waals surface area contributed by atoms with Gasteiger partial charge in [-0.15, -0.1) is 0 Å². The Bertz CT molecular complexity index is 249. The third-order valence-electron chi connectivity index (χ3n) is 3.02. The lowest BCUT2D eigenvalue weighted by Gasteiger charge is -2.33. The Balaban J connectivity index is 1.93. The smallest absolute Gasteiger partial charge is 0.0323 e. The van der Waals surface area contributed by atoms with Gasteiger partial charge in [-0.1, -0.05) is 12.2 Å². The van der Waals surface area contributed by atoms with Crippen LogP contribution in [0.3, 0.4) is 0 Å². The molecule has 0 bridgehead atoms. The molecule has 0 saturated carbocycles. The first-order valence-corrected chi connectivity index (χ1v) is 5.40. The van der Waals surface area contributed by atoms with Gasteiger partial charge in [0.1, 0.15) is 0 Å². The van der Waals surface area contributed by atoms with Crippen molar-refractivity contribution in [2.45, 2.75) is 31.3 Å². The van der Waals surface area contributed by atoms with Crippen LogP contribution in [-0.4, -0.2) is 30.1 Å². The molecule has 0 aromatic heterocycles. The molecule has 3 nitrogen and oxygen atoms in total. The summed E-state index contributed by atoms with van der Waals surface area (Å²) in [6.45, 7) is 2.18. The molecule has 4 N–H and O–H groups in total. The number of hydrogen-bond acceptors (Lipinski definition) is 3. The molecule has 2 aliphatic rings. The molecule has 14 heavy (non-hydrogen) atoms. The first-order valence-electron chi connectivity index (χ1n) is 5.40. The molecule has 3 heteroatoms. The minimum absolute atomic E-state index is 0.214. The van der Waals surface area contributed by atoms with Crippen LogP contribution in [0.5, 0.6) is 0 Å². The zero-order chi connectivity index (χ0) is 9.97. The third kappa shape index (κ3) is 2.16. The second-order valence-corrected chi connectivity index (χ2v) is 4.21. The number of piperidine rings is 1. The van der Waals surface area contributed by atoms with E-state index in [9.17, 15) is 0 Å². The van der Waals surface area contributed by atoms with Crippen molar-refractivity contribution in [1.29, 1.82) is 0 Å². The second-order valence-electron chi connectivity index (χ2n) is 4.21. The Morgan fingerprint density at radius 3 is 2.50 bits per heavy atom. The van der Waals surface area contributed by atoms with E-state index in [1.54, 1.807) is 0 Å². The average molecular weight is 193 g/mol. The number of allylic oxidation sites excluding steroid dienone is 1. The molecule has 0 amide bonds. The lowest BCUT2D eigenvalue weighted by molar-refractivity contribution is 0.269. The Hall–Kier alpha value is -0.800. The Kier molecular flexibility index (Phi) is 2.89. The van der Waals surface area contributed by atoms with E-state index < -0.39 is 0 Å². The molecule has 1 heterocycles. The van der Waals surface area contributed by atoms with Crippen molar-refractivity contribution in [2.75, 3.05) is 13.1 Å². The molecule has 78 valence electrons. The van der Waals surface area contributed by atoms with E-state index in [-0.39, 0.29) is 6.04 Å². The van der Waals surface area contributed by atoms with Gasteiger partial charge in [0, 0.05) is 30.9 Å². The van der Waals surface area contributed by atoms with Gasteiger partial charge >= 0.3 is 0 Å². The monoisotopic (exact) mass is 193 g/mol. The SMILES string of the molecule is NC1C=CC(N2CCC(N)CC2)=CC1. The highest BCUT2D eigenvalue weighted by Gasteiger charge is 2.17. The lowest BCUT2D eigenvalue weighted by atomic mass is 10.0. The highest BCUT2D eigenvalue weighted by molar-refractivity contribution is 5.24. The molecule has 0 aromatic carbocycles. The molecule has 1 aliphatic heterocycles. The summed E-state index contributed by atoms with van der Waals surface area (Å²) in [7, 11) is 0. The highest BCUT2D eigenvalue weighted by Crippen LogP contribution is 2.18. The minimum Gasteiger partial charge on any atom is -0.372 e. The molecular formula is C11H19N3. The molecule has 1 unspecified atom stereocenters. The van der Waals surface area contributed by atoms with Crippen LogP contribution < -0.4 is 11.5 Å². The van der Waals surface area contributed by atoms with E-state index in [1.807, 2.05) is 0 Å². The lowest BCUT2D eigenvalue weighted by Crippen LogP contribution is -2.39. The van der Waals surface area contributed by atoms with Gasteiger partial charge in [-0.25, -0.2) is 0 Å². The maximum absolute atomic E-state index is 5.86. The number of rotatable bonds is 1. The Morgan fingerprint density at radius 1 is 1.21 bits per heavy atom. The summed E-state index contributed by atoms with van der Waals surface area (Å²) >= 11 is 0. The van der Waals surface area contributed by atoms with Gasteiger partial charge in [0.05, 0.1) is 0 Å². The fourth-order valence-corrected chi connectivity index (χ4v) is 2.02. The predicted octanol–water partition coefficient (Wildman–Crippen LogP) is 0.581. The van der Waals surface area contributed by atoms with Crippen molar-refractivity contribution >= 4 is 0 Å². The van der Waals surface area contributed by atoms with E-state index in [1.165, 1.54) is 5.70 Å². The van der Waals surface area contributed by atoms with Crippen LogP contribution in [0.2, 0.25) is 0 Å². The molecule has 0 radical (unpaired) electrons. The second kappa shape index (κ2) is 4.15. The average Bonchev–Trinajstić information content (AvgIpc) is 2.21. The molecule has 0 aromatic rings. The molecule has 1 fully saturated rings. The van der Waals surface area contributed by atoms with E-state index in [4.69, 9.17) is 11.5 Å². The summed E-state index contributed by atoms with van der Waals surface area (Å²) in [5.74, 6) is 0. The normalized spacial score (nSPS) is 29.1. The maximum Gasteiger partial charge on any atom is 0.0323 e. The zero-order valence-corrected chi connectivity index (χ0v) is 8.52. The molecule has 1 saturated heterocycles. The summed E-state index contributed by atoms with van der Waals surface area (Å²) in [5, 5.41) is 0. The molecule has 1 aliphatic carbocycles. The summed E-state index contributed by atoms with van der Waals surface area (Å²) in [4.78, 5) is 2.41. The quantitative estimate of drug-likeness (QED) is 0.640. The van der Waals surface area contributed by atoms with Crippen LogP contribution in [0.4, 0.5) is 0 Å². The number of nitrogens with zero attached hydrogens (tertiary/aromatic N) is 1. The van der Waals surface area contributed by atoms with Crippen LogP contribution in [0.1, 0.15) is 19.3 Å². The van der Waals surface area contributed by atoms with Crippen molar-refractivity contribution in [2.24, 2.45) is 11.5 Å². The van der Waals surface area contributed by atoms with Gasteiger partial charge in [-0.05, 0) is 25.3 Å². The van der Waals surface area contributed by atoms with E-state index in [0.717, 1.165) is 32.4 Å². The first kappa shape index (κ1) is 9.74. The zero-order valence-electron chi connectivity index (χ0n) is 8.52. The van der Waals surface area contributed by atoms with Gasteiger partial charge in [-0.3, -0.25) is 0 Å². The standard InChI is InChI=1S/C11H19N3/c12-9-1-3-11(4-2-9)14-7-5-10(13)6-8-14/h1,3-4,9-10H,2,5-8,12-13H2. The minimum atomic E-state index is 0.214. The summed E-state index contributed by atoms with van der Waals surface area (Å²) in [6, 6.07) is 0.618. The van der Waals surface area contributed by atoms with Crippen LogP contribution in [-0.2, 0) is 0 Å². The summed E-state index contributed by atoms with van der Waals surface area (Å²) in [6.07, 6.45) is 9.65. The van der Waals surface area contributed by atoms with Crippen molar-refractivity contribution in [3.63, 3.8) is 0 Å². The predicted molar refractivity (Wildman–Crippen MR) is 58.6 cm³/mol. The van der Waals surface area contributed by atoms with Gasteiger partial charge in [0.25, 0.3) is 0 Å². The highest BCUT2D eigenvalue weighted by atomic mass is 15.1. The molecule has 2 rings (SSSR count).